The molecule has 6 heteroatoms. The van der Waals surface area contributed by atoms with E-state index in [1.54, 1.807) is 19.5 Å². The van der Waals surface area contributed by atoms with Gasteiger partial charge >= 0.3 is 0 Å². The molecule has 3 aromatic rings. The predicted octanol–water partition coefficient (Wildman–Crippen LogP) is 3.88. The lowest BCUT2D eigenvalue weighted by Gasteiger charge is -2.13. The molecule has 0 bridgehead atoms. The number of ether oxygens (including phenoxy) is 1. The fraction of sp³-hybridized carbons (Fsp3) is 0.200. The van der Waals surface area contributed by atoms with Gasteiger partial charge in [-0.2, -0.15) is 0 Å². The molecule has 0 unspecified atom stereocenters. The molecule has 108 valence electrons. The highest BCUT2D eigenvalue weighted by atomic mass is 35.5. The fourth-order valence-corrected chi connectivity index (χ4v) is 2.78. The van der Waals surface area contributed by atoms with E-state index < -0.39 is 0 Å². The van der Waals surface area contributed by atoms with E-state index in [-0.39, 0.29) is 0 Å². The topological polar surface area (TPSA) is 39.9 Å². The lowest BCUT2D eigenvalue weighted by molar-refractivity contribution is 0.408. The van der Waals surface area contributed by atoms with Gasteiger partial charge in [-0.1, -0.05) is 17.7 Å². The molecule has 0 aliphatic heterocycles. The average molecular weight is 322 g/mol. The van der Waals surface area contributed by atoms with Crippen LogP contribution in [-0.2, 0) is 12.4 Å². The maximum Gasteiger partial charge on any atom is 0.125 e. The van der Waals surface area contributed by atoms with Gasteiger partial charge in [0.15, 0.2) is 0 Å². The highest BCUT2D eigenvalue weighted by Gasteiger charge is 2.14. The molecule has 2 heterocycles. The Morgan fingerprint density at radius 3 is 2.90 bits per heavy atom. The Labute approximate surface area is 132 Å². The number of pyridine rings is 1. The summed E-state index contributed by atoms with van der Waals surface area (Å²) in [7, 11) is 1.63. The second-order valence-corrected chi connectivity index (χ2v) is 5.21. The average Bonchev–Trinajstić information content (AvgIpc) is 2.87. The van der Waals surface area contributed by atoms with Gasteiger partial charge in [0.1, 0.15) is 17.1 Å². The van der Waals surface area contributed by atoms with E-state index in [0.717, 1.165) is 28.2 Å². The van der Waals surface area contributed by atoms with Crippen LogP contribution in [0.5, 0.6) is 5.75 Å². The number of imidazole rings is 1. The zero-order valence-electron chi connectivity index (χ0n) is 11.4. The van der Waals surface area contributed by atoms with E-state index in [2.05, 4.69) is 9.97 Å². The zero-order valence-corrected chi connectivity index (χ0v) is 12.9. The van der Waals surface area contributed by atoms with Gasteiger partial charge in [0, 0.05) is 16.8 Å². The molecule has 0 aliphatic carbocycles. The van der Waals surface area contributed by atoms with E-state index in [4.69, 9.17) is 27.9 Å². The molecule has 0 amide bonds. The third-order valence-electron chi connectivity index (χ3n) is 3.36. The number of benzene rings is 1. The molecule has 0 saturated carbocycles. The number of hydrogen-bond acceptors (Lipinski definition) is 3. The van der Waals surface area contributed by atoms with Crippen molar-refractivity contribution in [2.24, 2.45) is 0 Å². The summed E-state index contributed by atoms with van der Waals surface area (Å²) >= 11 is 12.3. The summed E-state index contributed by atoms with van der Waals surface area (Å²) in [4.78, 5) is 8.59. The van der Waals surface area contributed by atoms with Crippen LogP contribution < -0.4 is 4.74 Å². The van der Waals surface area contributed by atoms with Gasteiger partial charge in [0.25, 0.3) is 0 Å². The molecule has 0 N–H and O–H groups in total. The highest BCUT2D eigenvalue weighted by molar-refractivity contribution is 6.31. The van der Waals surface area contributed by atoms with Crippen LogP contribution in [0.15, 0.2) is 36.7 Å². The second-order valence-electron chi connectivity index (χ2n) is 4.53. The van der Waals surface area contributed by atoms with Gasteiger partial charge in [-0.05, 0) is 18.2 Å². The summed E-state index contributed by atoms with van der Waals surface area (Å²) in [6.45, 7) is 0.547. The normalized spacial score (nSPS) is 11.0. The Hall–Kier alpha value is -1.78. The number of fused-ring (bicyclic) bond motifs is 1. The quantitative estimate of drug-likeness (QED) is 0.684. The number of rotatable bonds is 4. The number of hydrogen-bond donors (Lipinski definition) is 0. The highest BCUT2D eigenvalue weighted by Crippen LogP contribution is 2.29. The lowest BCUT2D eigenvalue weighted by Crippen LogP contribution is -2.06. The van der Waals surface area contributed by atoms with E-state index >= 15 is 0 Å². The minimum absolute atomic E-state index is 0.321. The number of halogens is 2. The van der Waals surface area contributed by atoms with Crippen LogP contribution in [0.4, 0.5) is 0 Å². The van der Waals surface area contributed by atoms with Crippen molar-refractivity contribution < 1.29 is 4.74 Å². The second kappa shape index (κ2) is 5.92. The number of aromatic nitrogens is 3. The van der Waals surface area contributed by atoms with Gasteiger partial charge in [0.2, 0.25) is 0 Å². The Morgan fingerprint density at radius 2 is 2.14 bits per heavy atom. The SMILES string of the molecule is COc1cccc(Cl)c1Cn1c(CCl)nc2cnccc21. The molecule has 0 radical (unpaired) electrons. The Kier molecular flexibility index (Phi) is 3.99. The smallest absolute Gasteiger partial charge is 0.125 e. The van der Waals surface area contributed by atoms with Crippen molar-refractivity contribution in [2.45, 2.75) is 12.4 Å². The maximum atomic E-state index is 6.31. The molecule has 0 saturated heterocycles. The first-order valence-electron chi connectivity index (χ1n) is 6.41. The Balaban J connectivity index is 2.14. The molecular formula is C15H13Cl2N3O. The lowest BCUT2D eigenvalue weighted by atomic mass is 10.2. The summed E-state index contributed by atoms with van der Waals surface area (Å²) in [5.74, 6) is 1.85. The fourth-order valence-electron chi connectivity index (χ4n) is 2.35. The van der Waals surface area contributed by atoms with Gasteiger partial charge in [0.05, 0.1) is 31.2 Å². The Bertz CT molecular complexity index is 786. The van der Waals surface area contributed by atoms with Crippen LogP contribution in [0, 0.1) is 0 Å². The zero-order chi connectivity index (χ0) is 14.8. The van der Waals surface area contributed by atoms with Crippen molar-refractivity contribution in [3.8, 4) is 5.75 Å². The van der Waals surface area contributed by atoms with Crippen LogP contribution in [0.1, 0.15) is 11.4 Å². The third kappa shape index (κ3) is 2.57. The molecule has 1 aromatic carbocycles. The van der Waals surface area contributed by atoms with Crippen LogP contribution in [0.3, 0.4) is 0 Å². The standard InChI is InChI=1S/C15H13Cl2N3O/c1-21-14-4-2-3-11(17)10(14)9-20-13-5-6-18-8-12(13)19-15(20)7-16/h2-6,8H,7,9H2,1H3. The van der Waals surface area contributed by atoms with Gasteiger partial charge < -0.3 is 9.30 Å². The largest absolute Gasteiger partial charge is 0.496 e. The first kappa shape index (κ1) is 14.2. The van der Waals surface area contributed by atoms with Crippen molar-refractivity contribution in [3.05, 3.63) is 53.1 Å². The molecule has 0 atom stereocenters. The minimum atomic E-state index is 0.321. The maximum absolute atomic E-state index is 6.31. The number of methoxy groups -OCH3 is 1. The third-order valence-corrected chi connectivity index (χ3v) is 3.95. The van der Waals surface area contributed by atoms with Crippen LogP contribution in [0.2, 0.25) is 5.02 Å². The van der Waals surface area contributed by atoms with E-state index in [9.17, 15) is 0 Å². The predicted molar refractivity (Wildman–Crippen MR) is 84.2 cm³/mol. The van der Waals surface area contributed by atoms with Crippen molar-refractivity contribution in [2.75, 3.05) is 7.11 Å². The first-order chi connectivity index (χ1) is 10.2. The van der Waals surface area contributed by atoms with Gasteiger partial charge in [-0.15, -0.1) is 11.6 Å². The molecule has 3 rings (SSSR count). The molecule has 2 aromatic heterocycles. The van der Waals surface area contributed by atoms with Crippen molar-refractivity contribution >= 4 is 34.2 Å². The summed E-state index contributed by atoms with van der Waals surface area (Å²) in [6.07, 6.45) is 3.47. The molecule has 0 aliphatic rings. The van der Waals surface area contributed by atoms with E-state index in [1.165, 1.54) is 0 Å². The summed E-state index contributed by atoms with van der Waals surface area (Å²) in [6, 6.07) is 7.52. The summed E-state index contributed by atoms with van der Waals surface area (Å²) in [5.41, 5.74) is 2.70. The van der Waals surface area contributed by atoms with Crippen molar-refractivity contribution in [3.63, 3.8) is 0 Å². The molecule has 4 nitrogen and oxygen atoms in total. The monoisotopic (exact) mass is 321 g/mol. The Morgan fingerprint density at radius 1 is 1.29 bits per heavy atom. The van der Waals surface area contributed by atoms with Crippen molar-refractivity contribution in [1.29, 1.82) is 0 Å². The van der Waals surface area contributed by atoms with Crippen LogP contribution >= 0.6 is 23.2 Å². The van der Waals surface area contributed by atoms with Gasteiger partial charge in [-0.25, -0.2) is 4.98 Å². The molecule has 0 spiro atoms. The minimum Gasteiger partial charge on any atom is -0.496 e. The van der Waals surface area contributed by atoms with Crippen LogP contribution in [-0.4, -0.2) is 21.6 Å². The number of nitrogens with zero attached hydrogens (tertiary/aromatic N) is 3. The van der Waals surface area contributed by atoms with Crippen LogP contribution in [0.25, 0.3) is 11.0 Å². The molecule has 21 heavy (non-hydrogen) atoms. The summed E-state index contributed by atoms with van der Waals surface area (Å²) in [5, 5.41) is 0.658. The molecule has 0 fully saturated rings. The number of alkyl halides is 1. The van der Waals surface area contributed by atoms with Gasteiger partial charge in [-0.3, -0.25) is 4.98 Å². The first-order valence-corrected chi connectivity index (χ1v) is 7.32. The molecular weight excluding hydrogens is 309 g/mol. The van der Waals surface area contributed by atoms with E-state index in [1.807, 2.05) is 28.8 Å². The van der Waals surface area contributed by atoms with Crippen molar-refractivity contribution in [1.82, 2.24) is 14.5 Å². The summed E-state index contributed by atoms with van der Waals surface area (Å²) < 4.78 is 7.43. The van der Waals surface area contributed by atoms with E-state index in [0.29, 0.717) is 17.4 Å².